The molecule has 3 aromatic rings. The van der Waals surface area contributed by atoms with Gasteiger partial charge in [-0.3, -0.25) is 4.79 Å². The minimum Gasteiger partial charge on any atom is -0.358 e. The normalized spacial score (nSPS) is 11.3. The highest BCUT2D eigenvalue weighted by Gasteiger charge is 2.19. The van der Waals surface area contributed by atoms with E-state index in [2.05, 4.69) is 20.9 Å². The molecule has 1 amide bonds. The molecule has 2 N–H and O–H groups in total. The first kappa shape index (κ1) is 18.5. The van der Waals surface area contributed by atoms with Gasteiger partial charge >= 0.3 is 0 Å². The van der Waals surface area contributed by atoms with Crippen molar-refractivity contribution >= 4 is 54.4 Å². The maximum absolute atomic E-state index is 12.4. The number of carbonyl (C=O) groups excluding carboxylic acids is 1. The number of nitrogens with one attached hydrogen (secondary N) is 2. The molecule has 26 heavy (non-hydrogen) atoms. The summed E-state index contributed by atoms with van der Waals surface area (Å²) in [7, 11) is -4.09. The first-order valence-electron chi connectivity index (χ1n) is 7.30. The van der Waals surface area contributed by atoms with E-state index in [0.29, 0.717) is 15.2 Å². The van der Waals surface area contributed by atoms with Gasteiger partial charge in [-0.05, 0) is 42.5 Å². The molecule has 2 aromatic carbocycles. The van der Waals surface area contributed by atoms with Crippen molar-refractivity contribution in [3.05, 3.63) is 63.2 Å². The number of amides is 1. The quantitative estimate of drug-likeness (QED) is 0.632. The highest BCUT2D eigenvalue weighted by Crippen LogP contribution is 2.21. The number of halogens is 2. The Morgan fingerprint density at radius 3 is 2.73 bits per heavy atom. The van der Waals surface area contributed by atoms with Gasteiger partial charge in [0.1, 0.15) is 0 Å². The van der Waals surface area contributed by atoms with E-state index in [-0.39, 0.29) is 16.9 Å². The van der Waals surface area contributed by atoms with Crippen LogP contribution in [0.3, 0.4) is 0 Å². The lowest BCUT2D eigenvalue weighted by atomic mass is 10.2. The summed E-state index contributed by atoms with van der Waals surface area (Å²) in [6.45, 7) is 0. The maximum Gasteiger partial charge on any atom is 0.264 e. The molecule has 0 fully saturated rings. The summed E-state index contributed by atoms with van der Waals surface area (Å²) < 4.78 is 27.2. The molecule has 0 radical (unpaired) electrons. The Bertz CT molecular complexity index is 1170. The zero-order valence-electron chi connectivity index (χ0n) is 13.1. The van der Waals surface area contributed by atoms with E-state index in [0.717, 1.165) is 10.9 Å². The lowest BCUT2D eigenvalue weighted by Gasteiger charge is -2.07. The third kappa shape index (κ3) is 4.07. The monoisotopic (exact) mass is 451 g/mol. The number of carbonyl (C=O) groups is 1. The van der Waals surface area contributed by atoms with E-state index in [9.17, 15) is 13.2 Å². The minimum atomic E-state index is -4.09. The second-order valence-electron chi connectivity index (χ2n) is 5.52. The van der Waals surface area contributed by atoms with Gasteiger partial charge in [0, 0.05) is 26.1 Å². The molecule has 0 saturated carbocycles. The van der Waals surface area contributed by atoms with E-state index in [1.165, 1.54) is 18.2 Å². The van der Waals surface area contributed by atoms with Gasteiger partial charge in [0.25, 0.3) is 10.0 Å². The van der Waals surface area contributed by atoms with Crippen molar-refractivity contribution in [2.75, 3.05) is 0 Å². The summed E-state index contributed by atoms with van der Waals surface area (Å²) in [6, 6.07) is 12.9. The summed E-state index contributed by atoms with van der Waals surface area (Å²) >= 11 is 9.07. The van der Waals surface area contributed by atoms with Gasteiger partial charge in [0.15, 0.2) is 0 Å². The molecular weight excluding hydrogens is 442 g/mol. The zero-order chi connectivity index (χ0) is 18.9. The molecule has 1 aromatic heterocycles. The number of benzene rings is 2. The van der Waals surface area contributed by atoms with Gasteiger partial charge in [0.2, 0.25) is 5.91 Å². The first-order chi connectivity index (χ1) is 12.3. The average Bonchev–Trinajstić information content (AvgIpc) is 2.94. The van der Waals surface area contributed by atoms with Crippen molar-refractivity contribution in [3.8, 4) is 6.07 Å². The third-order valence-electron chi connectivity index (χ3n) is 3.55. The number of H-pyrrole nitrogens is 1. The van der Waals surface area contributed by atoms with Crippen molar-refractivity contribution in [1.29, 1.82) is 5.26 Å². The highest BCUT2D eigenvalue weighted by atomic mass is 79.9. The lowest BCUT2D eigenvalue weighted by molar-refractivity contribution is -0.118. The van der Waals surface area contributed by atoms with Crippen LogP contribution >= 0.6 is 27.5 Å². The summed E-state index contributed by atoms with van der Waals surface area (Å²) in [6.07, 6.45) is -0.148. The molecule has 9 heteroatoms. The largest absolute Gasteiger partial charge is 0.358 e. The maximum atomic E-state index is 12.4. The number of hydrogen-bond donors (Lipinski definition) is 2. The van der Waals surface area contributed by atoms with Crippen LogP contribution in [-0.2, 0) is 21.2 Å². The molecule has 3 rings (SSSR count). The van der Waals surface area contributed by atoms with E-state index in [4.69, 9.17) is 16.9 Å². The van der Waals surface area contributed by atoms with Crippen molar-refractivity contribution in [2.24, 2.45) is 0 Å². The Balaban J connectivity index is 1.80. The number of hydrogen-bond acceptors (Lipinski definition) is 4. The lowest BCUT2D eigenvalue weighted by Crippen LogP contribution is -2.32. The molecule has 0 bridgehead atoms. The van der Waals surface area contributed by atoms with Crippen LogP contribution in [0.1, 0.15) is 11.3 Å². The van der Waals surface area contributed by atoms with Crippen LogP contribution < -0.4 is 4.72 Å². The van der Waals surface area contributed by atoms with Gasteiger partial charge in [0.05, 0.1) is 22.9 Å². The molecule has 132 valence electrons. The van der Waals surface area contributed by atoms with Crippen molar-refractivity contribution in [1.82, 2.24) is 9.71 Å². The van der Waals surface area contributed by atoms with Crippen molar-refractivity contribution < 1.29 is 13.2 Å². The predicted octanol–water partition coefficient (Wildman–Crippen LogP) is 3.50. The Morgan fingerprint density at radius 2 is 2.00 bits per heavy atom. The number of nitriles is 1. The summed E-state index contributed by atoms with van der Waals surface area (Å²) in [5, 5.41) is 10.3. The first-order valence-corrected chi connectivity index (χ1v) is 9.96. The van der Waals surface area contributed by atoms with Crippen LogP contribution in [0.5, 0.6) is 0 Å². The number of sulfonamides is 1. The molecule has 0 saturated heterocycles. The topological polar surface area (TPSA) is 103 Å². The number of fused-ring (bicyclic) bond motifs is 1. The average molecular weight is 453 g/mol. The number of aromatic nitrogens is 1. The van der Waals surface area contributed by atoms with Crippen LogP contribution in [0, 0.1) is 11.3 Å². The summed E-state index contributed by atoms with van der Waals surface area (Å²) in [5.74, 6) is -0.693. The number of rotatable bonds is 4. The van der Waals surface area contributed by atoms with E-state index in [1.807, 2.05) is 10.8 Å². The number of aromatic amines is 1. The molecule has 0 spiro atoms. The van der Waals surface area contributed by atoms with Gasteiger partial charge < -0.3 is 4.98 Å². The molecule has 6 nitrogen and oxygen atoms in total. The highest BCUT2D eigenvalue weighted by molar-refractivity contribution is 9.10. The van der Waals surface area contributed by atoms with E-state index in [1.54, 1.807) is 24.3 Å². The van der Waals surface area contributed by atoms with Gasteiger partial charge in [-0.25, -0.2) is 13.1 Å². The van der Waals surface area contributed by atoms with Gasteiger partial charge in [-0.1, -0.05) is 27.5 Å². The Morgan fingerprint density at radius 1 is 1.23 bits per heavy atom. The third-order valence-corrected chi connectivity index (χ3v) is 5.59. The van der Waals surface area contributed by atoms with Crippen LogP contribution in [-0.4, -0.2) is 19.3 Å². The Labute approximate surface area is 163 Å². The fraction of sp³-hybridized carbons (Fsp3) is 0.0588. The van der Waals surface area contributed by atoms with E-state index >= 15 is 0 Å². The number of nitrogens with zero attached hydrogens (tertiary/aromatic N) is 1. The molecule has 0 aliphatic heterocycles. The van der Waals surface area contributed by atoms with Gasteiger partial charge in [-0.15, -0.1) is 0 Å². The zero-order valence-corrected chi connectivity index (χ0v) is 16.2. The smallest absolute Gasteiger partial charge is 0.264 e. The van der Waals surface area contributed by atoms with Crippen LogP contribution in [0.25, 0.3) is 10.9 Å². The molecular formula is C17H11BrClN3O3S. The Hall–Kier alpha value is -2.34. The van der Waals surface area contributed by atoms with E-state index < -0.39 is 15.9 Å². The molecule has 0 unspecified atom stereocenters. The van der Waals surface area contributed by atoms with Crippen LogP contribution in [0.2, 0.25) is 5.02 Å². The summed E-state index contributed by atoms with van der Waals surface area (Å²) in [5.41, 5.74) is 1.52. The Kier molecular flexibility index (Phi) is 5.05. The molecule has 0 aliphatic carbocycles. The molecule has 0 aliphatic rings. The fourth-order valence-corrected chi connectivity index (χ4v) is 4.34. The second kappa shape index (κ2) is 7.11. The van der Waals surface area contributed by atoms with Gasteiger partial charge in [-0.2, -0.15) is 5.26 Å². The van der Waals surface area contributed by atoms with Crippen LogP contribution in [0.15, 0.2) is 51.8 Å². The minimum absolute atomic E-state index is 0.148. The standard InChI is InChI=1S/C17H11BrClN3O3S/c18-12-3-10(9-20)4-15(7-12)26(24,25)22-17(23)8-14-6-11-5-13(19)1-2-16(11)21-14/h1-7,21H,8H2,(H,22,23). The predicted molar refractivity (Wildman–Crippen MR) is 101 cm³/mol. The van der Waals surface area contributed by atoms with Crippen molar-refractivity contribution in [3.63, 3.8) is 0 Å². The SMILES string of the molecule is N#Cc1cc(Br)cc(S(=O)(=O)NC(=O)Cc2cc3cc(Cl)ccc3[nH]2)c1. The molecule has 1 heterocycles. The van der Waals surface area contributed by atoms with Crippen LogP contribution in [0.4, 0.5) is 0 Å². The molecule has 0 atom stereocenters. The fourth-order valence-electron chi connectivity index (χ4n) is 2.46. The van der Waals surface area contributed by atoms with Crippen molar-refractivity contribution in [2.45, 2.75) is 11.3 Å². The second-order valence-corrected chi connectivity index (χ2v) is 8.55. The summed E-state index contributed by atoms with van der Waals surface area (Å²) in [4.78, 5) is 15.0.